The summed E-state index contributed by atoms with van der Waals surface area (Å²) in [4.78, 5) is 5.94. The van der Waals surface area contributed by atoms with E-state index in [0.717, 1.165) is 33.7 Å². The van der Waals surface area contributed by atoms with E-state index in [0.29, 0.717) is 6.04 Å². The Bertz CT molecular complexity index is 602. The SMILES string of the molecule is CCc1nc(-c2cc(F)cc(Br)c2)sc1CNC1CC1. The maximum Gasteiger partial charge on any atom is 0.125 e. The fraction of sp³-hybridized carbons (Fsp3) is 0.400. The molecule has 1 saturated carbocycles. The van der Waals surface area contributed by atoms with Gasteiger partial charge < -0.3 is 5.32 Å². The molecule has 5 heteroatoms. The zero-order valence-electron chi connectivity index (χ0n) is 11.2. The molecule has 0 radical (unpaired) electrons. The van der Waals surface area contributed by atoms with Crippen LogP contribution >= 0.6 is 27.3 Å². The van der Waals surface area contributed by atoms with E-state index >= 15 is 0 Å². The lowest BCUT2D eigenvalue weighted by molar-refractivity contribution is 0.627. The Balaban J connectivity index is 1.88. The summed E-state index contributed by atoms with van der Waals surface area (Å²) in [6.45, 7) is 2.99. The third-order valence-electron chi connectivity index (χ3n) is 3.35. The fourth-order valence-electron chi connectivity index (χ4n) is 2.12. The lowest BCUT2D eigenvalue weighted by Crippen LogP contribution is -2.15. The van der Waals surface area contributed by atoms with E-state index in [-0.39, 0.29) is 5.82 Å². The number of nitrogens with one attached hydrogen (secondary N) is 1. The Labute approximate surface area is 130 Å². The van der Waals surface area contributed by atoms with Gasteiger partial charge >= 0.3 is 0 Å². The van der Waals surface area contributed by atoms with Crippen molar-refractivity contribution >= 4 is 27.3 Å². The molecule has 106 valence electrons. The number of nitrogens with zero attached hydrogens (tertiary/aromatic N) is 1. The molecule has 0 atom stereocenters. The van der Waals surface area contributed by atoms with Gasteiger partial charge in [0.2, 0.25) is 0 Å². The highest BCUT2D eigenvalue weighted by atomic mass is 79.9. The van der Waals surface area contributed by atoms with Crippen molar-refractivity contribution in [2.75, 3.05) is 0 Å². The molecular weight excluding hydrogens is 339 g/mol. The van der Waals surface area contributed by atoms with Crippen LogP contribution in [0.3, 0.4) is 0 Å². The van der Waals surface area contributed by atoms with Crippen LogP contribution in [0.1, 0.15) is 30.3 Å². The molecule has 0 spiro atoms. The number of thiazole rings is 1. The molecule has 2 aromatic rings. The van der Waals surface area contributed by atoms with Crippen molar-refractivity contribution < 1.29 is 4.39 Å². The van der Waals surface area contributed by atoms with Crippen LogP contribution in [0.4, 0.5) is 4.39 Å². The molecule has 1 aromatic carbocycles. The highest BCUT2D eigenvalue weighted by Gasteiger charge is 2.21. The van der Waals surface area contributed by atoms with Crippen molar-refractivity contribution in [3.05, 3.63) is 39.1 Å². The van der Waals surface area contributed by atoms with Gasteiger partial charge in [-0.2, -0.15) is 0 Å². The van der Waals surface area contributed by atoms with E-state index < -0.39 is 0 Å². The van der Waals surface area contributed by atoms with Crippen LogP contribution in [-0.4, -0.2) is 11.0 Å². The second-order valence-corrected chi connectivity index (χ2v) is 7.06. The van der Waals surface area contributed by atoms with Crippen LogP contribution in [0.25, 0.3) is 10.6 Å². The molecule has 0 bridgehead atoms. The number of rotatable bonds is 5. The third kappa shape index (κ3) is 3.27. The summed E-state index contributed by atoms with van der Waals surface area (Å²) in [5, 5.41) is 4.42. The van der Waals surface area contributed by atoms with Gasteiger partial charge in [0.15, 0.2) is 0 Å². The lowest BCUT2D eigenvalue weighted by Gasteiger charge is -2.00. The van der Waals surface area contributed by atoms with Crippen molar-refractivity contribution in [3.8, 4) is 10.6 Å². The predicted octanol–water partition coefficient (Wildman–Crippen LogP) is 4.53. The van der Waals surface area contributed by atoms with Crippen LogP contribution < -0.4 is 5.32 Å². The first-order chi connectivity index (χ1) is 9.65. The van der Waals surface area contributed by atoms with Crippen molar-refractivity contribution in [2.45, 2.75) is 38.8 Å². The Morgan fingerprint density at radius 3 is 2.85 bits per heavy atom. The van der Waals surface area contributed by atoms with Gasteiger partial charge in [-0.3, -0.25) is 0 Å². The zero-order chi connectivity index (χ0) is 14.1. The van der Waals surface area contributed by atoms with Gasteiger partial charge in [-0.05, 0) is 37.5 Å². The number of aryl methyl sites for hydroxylation is 1. The van der Waals surface area contributed by atoms with Gasteiger partial charge in [-0.15, -0.1) is 11.3 Å². The quantitative estimate of drug-likeness (QED) is 0.853. The van der Waals surface area contributed by atoms with Gasteiger partial charge in [-0.1, -0.05) is 22.9 Å². The molecule has 1 heterocycles. The normalized spacial score (nSPS) is 14.8. The highest BCUT2D eigenvalue weighted by molar-refractivity contribution is 9.10. The first-order valence-corrected chi connectivity index (χ1v) is 8.45. The van der Waals surface area contributed by atoms with Crippen LogP contribution in [0.2, 0.25) is 0 Å². The first-order valence-electron chi connectivity index (χ1n) is 6.84. The molecule has 0 aliphatic heterocycles. The van der Waals surface area contributed by atoms with E-state index in [2.05, 4.69) is 33.2 Å². The van der Waals surface area contributed by atoms with Gasteiger partial charge in [0, 0.05) is 27.5 Å². The van der Waals surface area contributed by atoms with Gasteiger partial charge in [-0.25, -0.2) is 9.37 Å². The predicted molar refractivity (Wildman–Crippen MR) is 84.4 cm³/mol. The molecule has 0 unspecified atom stereocenters. The molecule has 1 aromatic heterocycles. The second kappa shape index (κ2) is 5.92. The molecular formula is C15H16BrFN2S. The first kappa shape index (κ1) is 14.2. The Morgan fingerprint density at radius 1 is 1.40 bits per heavy atom. The summed E-state index contributed by atoms with van der Waals surface area (Å²) >= 11 is 5.00. The van der Waals surface area contributed by atoms with E-state index in [1.54, 1.807) is 17.4 Å². The third-order valence-corrected chi connectivity index (χ3v) is 4.96. The Kier molecular flexibility index (Phi) is 4.19. The van der Waals surface area contributed by atoms with Gasteiger partial charge in [0.05, 0.1) is 5.69 Å². The van der Waals surface area contributed by atoms with E-state index in [1.807, 2.05) is 6.07 Å². The van der Waals surface area contributed by atoms with E-state index in [4.69, 9.17) is 0 Å². The summed E-state index contributed by atoms with van der Waals surface area (Å²) in [6.07, 6.45) is 3.47. The molecule has 1 aliphatic carbocycles. The number of benzene rings is 1. The van der Waals surface area contributed by atoms with Crippen molar-refractivity contribution in [3.63, 3.8) is 0 Å². The molecule has 0 amide bonds. The molecule has 1 aliphatic rings. The number of hydrogen-bond donors (Lipinski definition) is 1. The largest absolute Gasteiger partial charge is 0.309 e. The Morgan fingerprint density at radius 2 is 2.20 bits per heavy atom. The summed E-state index contributed by atoms with van der Waals surface area (Å²) in [5.41, 5.74) is 1.97. The lowest BCUT2D eigenvalue weighted by atomic mass is 10.2. The number of halogens is 2. The smallest absolute Gasteiger partial charge is 0.125 e. The topological polar surface area (TPSA) is 24.9 Å². The maximum atomic E-state index is 13.5. The Hall–Kier alpha value is -0.780. The summed E-state index contributed by atoms with van der Waals surface area (Å²) in [6, 6.07) is 5.61. The summed E-state index contributed by atoms with van der Waals surface area (Å²) in [7, 11) is 0. The highest BCUT2D eigenvalue weighted by Crippen LogP contribution is 2.31. The molecule has 20 heavy (non-hydrogen) atoms. The monoisotopic (exact) mass is 354 g/mol. The fourth-order valence-corrected chi connectivity index (χ4v) is 3.68. The second-order valence-electron chi connectivity index (χ2n) is 5.06. The zero-order valence-corrected chi connectivity index (χ0v) is 13.7. The van der Waals surface area contributed by atoms with Crippen LogP contribution in [0.5, 0.6) is 0 Å². The van der Waals surface area contributed by atoms with Crippen LogP contribution in [0, 0.1) is 5.82 Å². The minimum atomic E-state index is -0.236. The van der Waals surface area contributed by atoms with Crippen molar-refractivity contribution in [1.82, 2.24) is 10.3 Å². The molecule has 1 fully saturated rings. The molecule has 3 rings (SSSR count). The van der Waals surface area contributed by atoms with Crippen LogP contribution in [-0.2, 0) is 13.0 Å². The van der Waals surface area contributed by atoms with Crippen molar-refractivity contribution in [1.29, 1.82) is 0 Å². The standard InChI is InChI=1S/C15H16BrFN2S/c1-2-13-14(8-18-12-3-4-12)20-15(19-13)9-5-10(16)7-11(17)6-9/h5-7,12,18H,2-4,8H2,1H3. The minimum Gasteiger partial charge on any atom is -0.309 e. The maximum absolute atomic E-state index is 13.5. The van der Waals surface area contributed by atoms with E-state index in [1.165, 1.54) is 23.8 Å². The average Bonchev–Trinajstić information content (AvgIpc) is 3.14. The number of aromatic nitrogens is 1. The minimum absolute atomic E-state index is 0.236. The molecule has 1 N–H and O–H groups in total. The van der Waals surface area contributed by atoms with Crippen molar-refractivity contribution in [2.24, 2.45) is 0 Å². The van der Waals surface area contributed by atoms with E-state index in [9.17, 15) is 4.39 Å². The van der Waals surface area contributed by atoms with Gasteiger partial charge in [0.1, 0.15) is 10.8 Å². The average molecular weight is 355 g/mol. The summed E-state index contributed by atoms with van der Waals surface area (Å²) < 4.78 is 14.2. The molecule has 0 saturated heterocycles. The van der Waals surface area contributed by atoms with Crippen LogP contribution in [0.15, 0.2) is 22.7 Å². The van der Waals surface area contributed by atoms with Gasteiger partial charge in [0.25, 0.3) is 0 Å². The number of hydrogen-bond acceptors (Lipinski definition) is 3. The summed E-state index contributed by atoms with van der Waals surface area (Å²) in [5.74, 6) is -0.236. The molecule has 2 nitrogen and oxygen atoms in total.